The van der Waals surface area contributed by atoms with Gasteiger partial charge >= 0.3 is 6.03 Å². The van der Waals surface area contributed by atoms with Gasteiger partial charge in [-0.25, -0.2) is 9.78 Å². The molecule has 1 aromatic heterocycles. The minimum atomic E-state index is -0.206. The number of hydrogen-bond acceptors (Lipinski definition) is 5. The second kappa shape index (κ2) is 7.15. The highest BCUT2D eigenvalue weighted by molar-refractivity contribution is 7.07. The molecule has 3 aliphatic rings. The number of likely N-dealkylation sites (tertiary alicyclic amines) is 1. The number of aromatic nitrogens is 1. The van der Waals surface area contributed by atoms with Crippen LogP contribution in [0, 0.1) is 11.8 Å². The summed E-state index contributed by atoms with van der Waals surface area (Å²) in [7, 11) is 0. The fraction of sp³-hybridized carbons (Fsp3) is 0.722. The van der Waals surface area contributed by atoms with E-state index in [1.165, 1.54) is 11.3 Å². The van der Waals surface area contributed by atoms with Crippen molar-refractivity contribution >= 4 is 23.3 Å². The third-order valence-electron chi connectivity index (χ3n) is 6.04. The lowest BCUT2D eigenvalue weighted by atomic mass is 9.73. The van der Waals surface area contributed by atoms with Crippen LogP contribution in [0.5, 0.6) is 0 Å². The Morgan fingerprint density at radius 3 is 3.12 bits per heavy atom. The van der Waals surface area contributed by atoms with Gasteiger partial charge in [0.1, 0.15) is 5.69 Å². The van der Waals surface area contributed by atoms with Crippen molar-refractivity contribution in [2.45, 2.75) is 44.3 Å². The summed E-state index contributed by atoms with van der Waals surface area (Å²) < 4.78 is 6.34. The zero-order valence-electron chi connectivity index (χ0n) is 15.1. The number of thiazole rings is 1. The Kier molecular flexibility index (Phi) is 4.88. The van der Waals surface area contributed by atoms with Gasteiger partial charge in [-0.15, -0.1) is 11.3 Å². The molecule has 3 amide bonds. The molecule has 2 N–H and O–H groups in total. The van der Waals surface area contributed by atoms with E-state index in [1.807, 2.05) is 4.90 Å². The van der Waals surface area contributed by atoms with Crippen LogP contribution in [0.2, 0.25) is 0 Å². The molecule has 0 aromatic carbocycles. The number of rotatable bonds is 6. The number of amides is 3. The molecule has 3 saturated heterocycles. The molecule has 4 heterocycles. The van der Waals surface area contributed by atoms with Gasteiger partial charge in [-0.1, -0.05) is 13.3 Å². The maximum Gasteiger partial charge on any atom is 0.317 e. The third-order valence-corrected chi connectivity index (χ3v) is 6.63. The van der Waals surface area contributed by atoms with Gasteiger partial charge < -0.3 is 20.3 Å². The van der Waals surface area contributed by atoms with Crippen LogP contribution in [0.3, 0.4) is 0 Å². The number of nitrogens with one attached hydrogen (secondary N) is 2. The number of carbonyl (C=O) groups is 2. The average molecular weight is 378 g/mol. The van der Waals surface area contributed by atoms with E-state index >= 15 is 0 Å². The van der Waals surface area contributed by atoms with Crippen LogP contribution in [0.25, 0.3) is 0 Å². The lowest BCUT2D eigenvalue weighted by Gasteiger charge is -2.29. The van der Waals surface area contributed by atoms with Gasteiger partial charge in [0.15, 0.2) is 0 Å². The molecule has 1 spiro atoms. The monoisotopic (exact) mass is 378 g/mol. The van der Waals surface area contributed by atoms with E-state index < -0.39 is 0 Å². The molecule has 0 saturated carbocycles. The zero-order chi connectivity index (χ0) is 18.1. The molecule has 1 aromatic rings. The van der Waals surface area contributed by atoms with Crippen molar-refractivity contribution in [1.29, 1.82) is 0 Å². The Labute approximate surface area is 157 Å². The molecule has 3 fully saturated rings. The van der Waals surface area contributed by atoms with Gasteiger partial charge in [0.2, 0.25) is 0 Å². The van der Waals surface area contributed by atoms with Crippen LogP contribution in [-0.4, -0.2) is 59.7 Å². The maximum atomic E-state index is 12.4. The lowest BCUT2D eigenvalue weighted by Crippen LogP contribution is -2.42. The van der Waals surface area contributed by atoms with Gasteiger partial charge in [0.25, 0.3) is 5.91 Å². The zero-order valence-corrected chi connectivity index (χ0v) is 15.9. The van der Waals surface area contributed by atoms with E-state index in [1.54, 1.807) is 10.9 Å². The fourth-order valence-corrected chi connectivity index (χ4v) is 5.26. The van der Waals surface area contributed by atoms with E-state index in [4.69, 9.17) is 4.74 Å². The predicted molar refractivity (Wildman–Crippen MR) is 98.1 cm³/mol. The van der Waals surface area contributed by atoms with Gasteiger partial charge in [-0.05, 0) is 19.3 Å². The first-order chi connectivity index (χ1) is 12.6. The molecule has 0 radical (unpaired) electrons. The van der Waals surface area contributed by atoms with Gasteiger partial charge in [-0.3, -0.25) is 4.79 Å². The topological polar surface area (TPSA) is 83.6 Å². The maximum absolute atomic E-state index is 12.4. The SMILES string of the molecule is CCCCNC(=O)N1C[C@@H]2[C@H](CNC(=O)c3cscn3)[C@H]3CC[C@]2(C1)O3. The van der Waals surface area contributed by atoms with Crippen LogP contribution in [0.15, 0.2) is 10.9 Å². The van der Waals surface area contributed by atoms with Crippen LogP contribution in [0.1, 0.15) is 43.1 Å². The molecule has 8 heteroatoms. The summed E-state index contributed by atoms with van der Waals surface area (Å²) in [6, 6.07) is 0.0135. The summed E-state index contributed by atoms with van der Waals surface area (Å²) in [6.45, 7) is 4.80. The highest BCUT2D eigenvalue weighted by Gasteiger charge is 2.63. The first kappa shape index (κ1) is 17.7. The highest BCUT2D eigenvalue weighted by atomic mass is 32.1. The molecule has 4 rings (SSSR count). The van der Waals surface area contributed by atoms with Crippen LogP contribution >= 0.6 is 11.3 Å². The Morgan fingerprint density at radius 1 is 1.46 bits per heavy atom. The molecule has 3 aliphatic heterocycles. The number of nitrogens with zero attached hydrogens (tertiary/aromatic N) is 2. The molecular weight excluding hydrogens is 352 g/mol. The molecule has 0 unspecified atom stereocenters. The summed E-state index contributed by atoms with van der Waals surface area (Å²) in [5.74, 6) is 0.434. The van der Waals surface area contributed by atoms with Crippen molar-refractivity contribution in [2.24, 2.45) is 11.8 Å². The first-order valence-electron chi connectivity index (χ1n) is 9.50. The van der Waals surface area contributed by atoms with E-state index in [9.17, 15) is 9.59 Å². The van der Waals surface area contributed by atoms with Crippen molar-refractivity contribution in [3.63, 3.8) is 0 Å². The second-order valence-electron chi connectivity index (χ2n) is 7.58. The number of fused-ring (bicyclic) bond motifs is 1. The van der Waals surface area contributed by atoms with E-state index in [0.29, 0.717) is 31.2 Å². The minimum absolute atomic E-state index is 0.0135. The fourth-order valence-electron chi connectivity index (χ4n) is 4.73. The molecule has 4 atom stereocenters. The molecule has 7 nitrogen and oxygen atoms in total. The second-order valence-corrected chi connectivity index (χ2v) is 8.30. The van der Waals surface area contributed by atoms with Crippen LogP contribution in [0.4, 0.5) is 4.79 Å². The Hall–Kier alpha value is -1.67. The number of ether oxygens (including phenoxy) is 1. The third kappa shape index (κ3) is 3.09. The largest absolute Gasteiger partial charge is 0.369 e. The molecule has 142 valence electrons. The summed E-state index contributed by atoms with van der Waals surface area (Å²) in [5.41, 5.74) is 1.93. The Bertz CT molecular complexity index is 667. The molecule has 0 aliphatic carbocycles. The van der Waals surface area contributed by atoms with E-state index in [-0.39, 0.29) is 29.6 Å². The highest BCUT2D eigenvalue weighted by Crippen LogP contribution is 2.54. The minimum Gasteiger partial charge on any atom is -0.369 e. The van der Waals surface area contributed by atoms with Crippen molar-refractivity contribution in [3.8, 4) is 0 Å². The van der Waals surface area contributed by atoms with Crippen molar-refractivity contribution in [2.75, 3.05) is 26.2 Å². The van der Waals surface area contributed by atoms with Gasteiger partial charge in [0, 0.05) is 36.9 Å². The normalized spacial score (nSPS) is 31.9. The number of hydrogen-bond donors (Lipinski definition) is 2. The molecule has 26 heavy (non-hydrogen) atoms. The predicted octanol–water partition coefficient (Wildman–Crippen LogP) is 1.86. The lowest BCUT2D eigenvalue weighted by molar-refractivity contribution is 0.00554. The molecular formula is C18H26N4O3S. The van der Waals surface area contributed by atoms with Crippen molar-refractivity contribution in [3.05, 3.63) is 16.6 Å². The number of urea groups is 1. The van der Waals surface area contributed by atoms with E-state index in [2.05, 4.69) is 22.5 Å². The smallest absolute Gasteiger partial charge is 0.317 e. The summed E-state index contributed by atoms with van der Waals surface area (Å²) in [5, 5.41) is 7.78. The van der Waals surface area contributed by atoms with Crippen molar-refractivity contribution in [1.82, 2.24) is 20.5 Å². The standard InChI is InChI=1S/C18H26N4O3S/c1-2-3-6-19-17(24)22-8-13-12(15-4-5-18(13,10-22)25-15)7-20-16(23)14-9-26-11-21-14/h9,11-13,15H,2-8,10H2,1H3,(H,19,24)(H,20,23)/t12-,13+,15+,18+/m0/s1. The van der Waals surface area contributed by atoms with Crippen LogP contribution in [-0.2, 0) is 4.74 Å². The van der Waals surface area contributed by atoms with Gasteiger partial charge in [0.05, 0.1) is 23.8 Å². The van der Waals surface area contributed by atoms with Crippen LogP contribution < -0.4 is 10.6 Å². The van der Waals surface area contributed by atoms with Crippen molar-refractivity contribution < 1.29 is 14.3 Å². The number of carbonyl (C=O) groups excluding carboxylic acids is 2. The summed E-state index contributed by atoms with van der Waals surface area (Å²) in [6.07, 6.45) is 4.29. The summed E-state index contributed by atoms with van der Waals surface area (Å²) in [4.78, 5) is 30.6. The first-order valence-corrected chi connectivity index (χ1v) is 10.4. The van der Waals surface area contributed by atoms with Gasteiger partial charge in [-0.2, -0.15) is 0 Å². The van der Waals surface area contributed by atoms with E-state index in [0.717, 1.165) is 32.2 Å². The summed E-state index contributed by atoms with van der Waals surface area (Å²) >= 11 is 1.42. The molecule has 2 bridgehead atoms. The Morgan fingerprint density at radius 2 is 2.35 bits per heavy atom. The quantitative estimate of drug-likeness (QED) is 0.740. The Balaban J connectivity index is 1.36. The average Bonchev–Trinajstić information content (AvgIpc) is 3.39. The number of unbranched alkanes of at least 4 members (excludes halogenated alkanes) is 1.